The molecule has 4 rings (SSSR count). The van der Waals surface area contributed by atoms with Gasteiger partial charge in [0, 0.05) is 24.7 Å². The number of carbonyl (C=O) groups excluding carboxylic acids is 1. The van der Waals surface area contributed by atoms with Crippen LogP contribution in [0.25, 0.3) is 11.2 Å². The molecule has 1 N–H and O–H groups in total. The third-order valence-corrected chi connectivity index (χ3v) is 5.92. The molecule has 2 aromatic heterocycles. The highest BCUT2D eigenvalue weighted by molar-refractivity contribution is 7.99. The van der Waals surface area contributed by atoms with Gasteiger partial charge >= 0.3 is 0 Å². The predicted octanol–water partition coefficient (Wildman–Crippen LogP) is 2.66. The summed E-state index contributed by atoms with van der Waals surface area (Å²) in [6.07, 6.45) is 5.75. The van der Waals surface area contributed by atoms with E-state index in [1.807, 2.05) is 24.3 Å². The Bertz CT molecular complexity index is 1090. The lowest BCUT2D eigenvalue weighted by Crippen LogP contribution is -2.30. The third kappa shape index (κ3) is 4.68. The summed E-state index contributed by atoms with van der Waals surface area (Å²) in [5.74, 6) is -0.0411. The number of fused-ring (bicyclic) bond motifs is 1. The molecule has 1 aliphatic rings. The molecule has 9 heteroatoms. The third-order valence-electron chi connectivity index (χ3n) is 4.95. The van der Waals surface area contributed by atoms with E-state index in [0.29, 0.717) is 18.3 Å². The molecule has 30 heavy (non-hydrogen) atoms. The summed E-state index contributed by atoms with van der Waals surface area (Å²) in [4.78, 5) is 38.2. The van der Waals surface area contributed by atoms with Crippen LogP contribution in [0.15, 0.2) is 46.6 Å². The van der Waals surface area contributed by atoms with E-state index in [4.69, 9.17) is 4.74 Å². The number of benzene rings is 1. The Kier molecular flexibility index (Phi) is 6.39. The maximum absolute atomic E-state index is 13.0. The maximum Gasteiger partial charge on any atom is 0.282 e. The Morgan fingerprint density at radius 2 is 2.07 bits per heavy atom. The Hall–Kier alpha value is -2.78. The molecule has 0 aliphatic carbocycles. The summed E-state index contributed by atoms with van der Waals surface area (Å²) in [5.41, 5.74) is 2.19. The number of hydrogen-bond acceptors (Lipinski definition) is 7. The summed E-state index contributed by atoms with van der Waals surface area (Å²) in [6, 6.07) is 7.76. The standard InChI is InChI=1S/C21H23N5O3S/c1-2-14-5-7-15(8-6-14)24-17(27)13-30-21-25-19-18(22-9-10-23-19)20(28)26(21)12-16-4-3-11-29-16/h5-10,16H,2-4,11-13H2,1H3,(H,24,27)/t16-/m0/s1. The zero-order chi connectivity index (χ0) is 20.9. The Labute approximate surface area is 178 Å². The van der Waals surface area contributed by atoms with Crippen molar-refractivity contribution in [3.05, 3.63) is 52.6 Å². The SMILES string of the molecule is CCc1ccc(NC(=O)CSc2nc3nccnc3c(=O)n2C[C@@H]2CCCO2)cc1. The van der Waals surface area contributed by atoms with Gasteiger partial charge in [-0.25, -0.2) is 15.0 Å². The minimum Gasteiger partial charge on any atom is -0.376 e. The molecule has 1 aromatic carbocycles. The summed E-state index contributed by atoms with van der Waals surface area (Å²) in [6.45, 7) is 3.17. The lowest BCUT2D eigenvalue weighted by Gasteiger charge is -2.15. The van der Waals surface area contributed by atoms with Crippen molar-refractivity contribution >= 4 is 34.5 Å². The van der Waals surface area contributed by atoms with Crippen LogP contribution >= 0.6 is 11.8 Å². The van der Waals surface area contributed by atoms with Gasteiger partial charge in [0.25, 0.3) is 5.56 Å². The van der Waals surface area contributed by atoms with Gasteiger partial charge in [-0.1, -0.05) is 30.8 Å². The van der Waals surface area contributed by atoms with Gasteiger partial charge in [0.2, 0.25) is 5.91 Å². The van der Waals surface area contributed by atoms with Crippen molar-refractivity contribution in [1.29, 1.82) is 0 Å². The lowest BCUT2D eigenvalue weighted by atomic mass is 10.1. The van der Waals surface area contributed by atoms with Crippen molar-refractivity contribution in [2.24, 2.45) is 0 Å². The predicted molar refractivity (Wildman–Crippen MR) is 116 cm³/mol. The second-order valence-electron chi connectivity index (χ2n) is 7.06. The fourth-order valence-electron chi connectivity index (χ4n) is 3.34. The van der Waals surface area contributed by atoms with E-state index >= 15 is 0 Å². The zero-order valence-electron chi connectivity index (χ0n) is 16.7. The van der Waals surface area contributed by atoms with E-state index in [1.54, 1.807) is 4.57 Å². The summed E-state index contributed by atoms with van der Waals surface area (Å²) in [7, 11) is 0. The number of anilines is 1. The Morgan fingerprint density at radius 1 is 1.27 bits per heavy atom. The molecule has 156 valence electrons. The molecule has 1 fully saturated rings. The van der Waals surface area contributed by atoms with Crippen LogP contribution in [0.3, 0.4) is 0 Å². The molecule has 0 spiro atoms. The van der Waals surface area contributed by atoms with E-state index in [2.05, 4.69) is 27.2 Å². The molecule has 1 amide bonds. The van der Waals surface area contributed by atoms with Gasteiger partial charge in [-0.3, -0.25) is 14.2 Å². The molecule has 1 atom stereocenters. The van der Waals surface area contributed by atoms with Gasteiger partial charge in [0.15, 0.2) is 16.3 Å². The lowest BCUT2D eigenvalue weighted by molar-refractivity contribution is -0.113. The van der Waals surface area contributed by atoms with Crippen molar-refractivity contribution in [2.75, 3.05) is 17.7 Å². The fraction of sp³-hybridized carbons (Fsp3) is 0.381. The van der Waals surface area contributed by atoms with Crippen LogP contribution in [-0.2, 0) is 22.5 Å². The zero-order valence-corrected chi connectivity index (χ0v) is 17.5. The summed E-state index contributed by atoms with van der Waals surface area (Å²) < 4.78 is 7.25. The van der Waals surface area contributed by atoms with Crippen molar-refractivity contribution in [3.8, 4) is 0 Å². The highest BCUT2D eigenvalue weighted by Gasteiger charge is 2.21. The number of amides is 1. The van der Waals surface area contributed by atoms with Crippen LogP contribution in [0.1, 0.15) is 25.3 Å². The van der Waals surface area contributed by atoms with E-state index < -0.39 is 0 Å². The molecule has 3 heterocycles. The summed E-state index contributed by atoms with van der Waals surface area (Å²) in [5, 5.41) is 3.32. The quantitative estimate of drug-likeness (QED) is 0.459. The molecule has 0 bridgehead atoms. The number of rotatable bonds is 7. The molecule has 0 radical (unpaired) electrons. The Morgan fingerprint density at radius 3 is 2.80 bits per heavy atom. The highest BCUT2D eigenvalue weighted by Crippen LogP contribution is 2.20. The van der Waals surface area contributed by atoms with Crippen molar-refractivity contribution in [3.63, 3.8) is 0 Å². The monoisotopic (exact) mass is 425 g/mol. The topological polar surface area (TPSA) is 99.0 Å². The number of hydrogen-bond donors (Lipinski definition) is 1. The van der Waals surface area contributed by atoms with E-state index in [0.717, 1.165) is 24.9 Å². The smallest absolute Gasteiger partial charge is 0.282 e. The number of carbonyl (C=O) groups is 1. The van der Waals surface area contributed by atoms with Crippen molar-refractivity contribution in [1.82, 2.24) is 19.5 Å². The number of nitrogens with one attached hydrogen (secondary N) is 1. The molecule has 0 unspecified atom stereocenters. The van der Waals surface area contributed by atoms with Gasteiger partial charge in [-0.15, -0.1) is 0 Å². The van der Waals surface area contributed by atoms with E-state index in [9.17, 15) is 9.59 Å². The van der Waals surface area contributed by atoms with Gasteiger partial charge in [0.05, 0.1) is 18.4 Å². The highest BCUT2D eigenvalue weighted by atomic mass is 32.2. The number of ether oxygens (including phenoxy) is 1. The average molecular weight is 426 g/mol. The van der Waals surface area contributed by atoms with Gasteiger partial charge in [-0.05, 0) is 37.0 Å². The van der Waals surface area contributed by atoms with Crippen molar-refractivity contribution < 1.29 is 9.53 Å². The van der Waals surface area contributed by atoms with Crippen LogP contribution in [0, 0.1) is 0 Å². The average Bonchev–Trinajstić information content (AvgIpc) is 3.28. The second-order valence-corrected chi connectivity index (χ2v) is 8.00. The fourth-order valence-corrected chi connectivity index (χ4v) is 4.14. The minimum absolute atomic E-state index is 0.0381. The molecule has 3 aromatic rings. The van der Waals surface area contributed by atoms with Crippen molar-refractivity contribution in [2.45, 2.75) is 44.0 Å². The van der Waals surface area contributed by atoms with Crippen LogP contribution in [0.5, 0.6) is 0 Å². The molecular formula is C21H23N5O3S. The van der Waals surface area contributed by atoms with Crippen LogP contribution in [0.2, 0.25) is 0 Å². The minimum atomic E-state index is -0.262. The first-order chi connectivity index (χ1) is 14.6. The maximum atomic E-state index is 13.0. The van der Waals surface area contributed by atoms with E-state index in [-0.39, 0.29) is 34.5 Å². The molecule has 1 aliphatic heterocycles. The van der Waals surface area contributed by atoms with Crippen LogP contribution < -0.4 is 10.9 Å². The normalized spacial score (nSPS) is 16.1. The van der Waals surface area contributed by atoms with Crippen LogP contribution in [-0.4, -0.2) is 43.9 Å². The van der Waals surface area contributed by atoms with Gasteiger partial charge in [0.1, 0.15) is 0 Å². The number of aromatic nitrogens is 4. The largest absolute Gasteiger partial charge is 0.376 e. The second kappa shape index (κ2) is 9.36. The molecule has 0 saturated carbocycles. The molecule has 1 saturated heterocycles. The van der Waals surface area contributed by atoms with Gasteiger partial charge < -0.3 is 10.1 Å². The number of aryl methyl sites for hydroxylation is 1. The number of thioether (sulfide) groups is 1. The Balaban J connectivity index is 1.52. The van der Waals surface area contributed by atoms with Crippen LogP contribution in [0.4, 0.5) is 5.69 Å². The first kappa shape index (κ1) is 20.5. The first-order valence-electron chi connectivity index (χ1n) is 9.99. The van der Waals surface area contributed by atoms with E-state index in [1.165, 1.54) is 29.7 Å². The summed E-state index contributed by atoms with van der Waals surface area (Å²) >= 11 is 1.21. The number of nitrogens with zero attached hydrogens (tertiary/aromatic N) is 4. The molecular weight excluding hydrogens is 402 g/mol. The first-order valence-corrected chi connectivity index (χ1v) is 11.0. The van der Waals surface area contributed by atoms with Gasteiger partial charge in [-0.2, -0.15) is 0 Å². The molecule has 8 nitrogen and oxygen atoms in total.